The minimum atomic E-state index is -0.846. The van der Waals surface area contributed by atoms with Crippen molar-refractivity contribution in [3.8, 4) is 29.1 Å². The number of hydrogen-bond donors (Lipinski definition) is 1. The second-order valence-corrected chi connectivity index (χ2v) is 12.5. The minimum absolute atomic E-state index is 0.0502. The van der Waals surface area contributed by atoms with Crippen molar-refractivity contribution < 1.29 is 61.5 Å². The number of nitriles is 1. The summed E-state index contributed by atoms with van der Waals surface area (Å²) in [6, 6.07) is 9.89. The van der Waals surface area contributed by atoms with Crippen molar-refractivity contribution in [3.05, 3.63) is 57.6 Å². The summed E-state index contributed by atoms with van der Waals surface area (Å²) in [7, 11) is 13.3. The molecular formula is C40H53ClN4O14. The van der Waals surface area contributed by atoms with Crippen LogP contribution in [0, 0.1) is 22.7 Å². The molecule has 1 aliphatic heterocycles. The van der Waals surface area contributed by atoms with Crippen molar-refractivity contribution in [3.63, 3.8) is 0 Å². The van der Waals surface area contributed by atoms with E-state index < -0.39 is 46.6 Å². The normalized spacial score (nSPS) is 11.7. The molecule has 1 aliphatic rings. The summed E-state index contributed by atoms with van der Waals surface area (Å²) in [6.45, 7) is 8.39. The standard InChI is InChI=1S/C16H18O6.C11H10O5.C6H9ClO3.C5H13N3.C2H3N/c1-5-21-15(17)9(2)12-7-10-6-11(19-3)8-13(20-4)14(10)16(18)22-12;1-14-7-3-6-4-9(12)16-11(13)10(6)8(5-7)15-2;1-3-10-6(9)4(2)5(7)8;1-7(2)5(6)8(3)4;1-2-3/h6-9H,5H2,1-4H3;3,5H,4H2,1-2H3;4H,3H2,1-2H3;6H,1-4H3;1H3. The van der Waals surface area contributed by atoms with Gasteiger partial charge in [-0.15, -0.1) is 0 Å². The second-order valence-electron chi connectivity index (χ2n) is 12.1. The van der Waals surface area contributed by atoms with Gasteiger partial charge >= 0.3 is 29.5 Å². The highest BCUT2D eigenvalue weighted by molar-refractivity contribution is 6.65. The van der Waals surface area contributed by atoms with Crippen LogP contribution in [-0.2, 0) is 39.8 Å². The summed E-state index contributed by atoms with van der Waals surface area (Å²) in [6.07, 6.45) is 0.0502. The number of nitrogens with one attached hydrogen (secondary N) is 1. The Morgan fingerprint density at radius 3 is 1.76 bits per heavy atom. The molecule has 0 saturated heterocycles. The van der Waals surface area contributed by atoms with Gasteiger partial charge in [0.05, 0.1) is 54.1 Å². The number of rotatable bonds is 10. The SMILES string of the molecule is CC#N.CCOC(=O)C(C)C(=O)Cl.CCOC(=O)C(C)c1cc2cc(OC)cc(OC)c2c(=O)o1.CN(C)C(=N)N(C)C.COc1cc2c(c(OC)c1)C(=O)OC(=O)C2. The largest absolute Gasteiger partial charge is 0.497 e. The number of nitrogens with zero attached hydrogens (tertiary/aromatic N) is 3. The number of fused-ring (bicyclic) bond motifs is 2. The molecule has 1 N–H and O–H groups in total. The zero-order chi connectivity index (χ0) is 45.6. The maximum Gasteiger partial charge on any atom is 0.349 e. The number of cyclic esters (lactones) is 2. The van der Waals surface area contributed by atoms with Gasteiger partial charge in [0.15, 0.2) is 5.96 Å². The van der Waals surface area contributed by atoms with E-state index >= 15 is 0 Å². The number of hydrogen-bond acceptors (Lipinski definition) is 16. The molecule has 0 saturated carbocycles. The average Bonchev–Trinajstić information content (AvgIpc) is 3.19. The maximum atomic E-state index is 12.2. The lowest BCUT2D eigenvalue weighted by Crippen LogP contribution is -2.34. The van der Waals surface area contributed by atoms with Crippen LogP contribution in [-0.4, -0.2) is 115 Å². The maximum absolute atomic E-state index is 12.2. The molecule has 3 aromatic rings. The molecule has 1 aromatic heterocycles. The van der Waals surface area contributed by atoms with Crippen molar-refractivity contribution in [2.45, 2.75) is 47.0 Å². The average molecular weight is 849 g/mol. The van der Waals surface area contributed by atoms with E-state index in [0.717, 1.165) is 0 Å². The summed E-state index contributed by atoms with van der Waals surface area (Å²) >= 11 is 5.02. The first-order valence-corrected chi connectivity index (χ1v) is 18.1. The number of carbonyl (C=O) groups is 5. The Morgan fingerprint density at radius 1 is 0.831 bits per heavy atom. The Bertz CT molecular complexity index is 2010. The molecule has 4 rings (SSSR count). The van der Waals surface area contributed by atoms with Gasteiger partial charge in [0, 0.05) is 47.2 Å². The van der Waals surface area contributed by atoms with Crippen LogP contribution in [0.2, 0.25) is 0 Å². The predicted octanol–water partition coefficient (Wildman–Crippen LogP) is 4.95. The lowest BCUT2D eigenvalue weighted by molar-refractivity contribution is -0.149. The van der Waals surface area contributed by atoms with Gasteiger partial charge in [0.2, 0.25) is 5.24 Å². The quantitative estimate of drug-likeness (QED) is 0.0710. The molecule has 2 atom stereocenters. The van der Waals surface area contributed by atoms with Crippen molar-refractivity contribution in [1.29, 1.82) is 10.7 Å². The Balaban J connectivity index is 0.000000797. The molecule has 2 heterocycles. The van der Waals surface area contributed by atoms with E-state index in [2.05, 4.69) is 9.47 Å². The van der Waals surface area contributed by atoms with E-state index in [1.807, 2.05) is 28.2 Å². The molecule has 18 nitrogen and oxygen atoms in total. The van der Waals surface area contributed by atoms with Crippen molar-refractivity contribution in [2.75, 3.05) is 69.8 Å². The smallest absolute Gasteiger partial charge is 0.349 e. The highest BCUT2D eigenvalue weighted by Crippen LogP contribution is 2.33. The van der Waals surface area contributed by atoms with Gasteiger partial charge in [-0.1, -0.05) is 0 Å². The summed E-state index contributed by atoms with van der Waals surface area (Å²) in [5.41, 5.74) is 0.295. The molecular weight excluding hydrogens is 796 g/mol. The molecule has 0 fully saturated rings. The topological polar surface area (TPSA) is 234 Å². The fourth-order valence-corrected chi connectivity index (χ4v) is 4.65. The van der Waals surface area contributed by atoms with E-state index in [4.69, 9.17) is 50.4 Å². The monoisotopic (exact) mass is 848 g/mol. The molecule has 2 aromatic carbocycles. The van der Waals surface area contributed by atoms with E-state index in [1.54, 1.807) is 67.0 Å². The van der Waals surface area contributed by atoms with Crippen LogP contribution < -0.4 is 24.6 Å². The van der Waals surface area contributed by atoms with E-state index in [9.17, 15) is 28.8 Å². The first kappa shape index (κ1) is 52.6. The highest BCUT2D eigenvalue weighted by Gasteiger charge is 2.29. The van der Waals surface area contributed by atoms with Gasteiger partial charge in [0.1, 0.15) is 51.5 Å². The van der Waals surface area contributed by atoms with Crippen LogP contribution in [0.5, 0.6) is 23.0 Å². The van der Waals surface area contributed by atoms with Crippen molar-refractivity contribution >= 4 is 57.5 Å². The molecule has 324 valence electrons. The predicted molar refractivity (Wildman–Crippen MR) is 217 cm³/mol. The lowest BCUT2D eigenvalue weighted by Gasteiger charge is -2.19. The summed E-state index contributed by atoms with van der Waals surface area (Å²) in [4.78, 5) is 71.1. The second kappa shape index (κ2) is 26.5. The van der Waals surface area contributed by atoms with Crippen molar-refractivity contribution in [1.82, 2.24) is 9.80 Å². The van der Waals surface area contributed by atoms with E-state index in [-0.39, 0.29) is 25.4 Å². The number of methoxy groups -OCH3 is 4. The van der Waals surface area contributed by atoms with Gasteiger partial charge in [-0.3, -0.25) is 24.6 Å². The van der Waals surface area contributed by atoms with Gasteiger partial charge in [-0.2, -0.15) is 5.26 Å². The lowest BCUT2D eigenvalue weighted by atomic mass is 10.0. The van der Waals surface area contributed by atoms with Crippen molar-refractivity contribution in [2.24, 2.45) is 5.92 Å². The molecule has 59 heavy (non-hydrogen) atoms. The van der Waals surface area contributed by atoms with Gasteiger partial charge in [-0.25, -0.2) is 9.59 Å². The fourth-order valence-electron chi connectivity index (χ4n) is 4.56. The van der Waals surface area contributed by atoms with Gasteiger partial charge < -0.3 is 47.4 Å². The summed E-state index contributed by atoms with van der Waals surface area (Å²) in [5.74, 6) is -1.21. The minimum Gasteiger partial charge on any atom is -0.497 e. The summed E-state index contributed by atoms with van der Waals surface area (Å²) in [5, 5.41) is 14.8. The highest BCUT2D eigenvalue weighted by atomic mass is 35.5. The third-order valence-corrected chi connectivity index (χ3v) is 7.85. The first-order valence-electron chi connectivity index (χ1n) is 17.7. The molecule has 0 spiro atoms. The summed E-state index contributed by atoms with van der Waals surface area (Å²) < 4.78 is 39.8. The fraction of sp³-hybridized carbons (Fsp3) is 0.450. The van der Waals surface area contributed by atoms with E-state index in [1.165, 1.54) is 42.3 Å². The van der Waals surface area contributed by atoms with Crippen LogP contribution in [0.4, 0.5) is 0 Å². The Hall–Kier alpha value is -6.35. The number of esters is 4. The zero-order valence-corrected chi connectivity index (χ0v) is 36.4. The van der Waals surface area contributed by atoms with Crippen LogP contribution in [0.15, 0.2) is 39.5 Å². The van der Waals surface area contributed by atoms with Gasteiger partial charge in [0.25, 0.3) is 0 Å². The molecule has 0 aliphatic carbocycles. The van der Waals surface area contributed by atoms with E-state index in [0.29, 0.717) is 50.9 Å². The molecule has 19 heteroatoms. The van der Waals surface area contributed by atoms with Crippen LogP contribution in [0.1, 0.15) is 62.2 Å². The van der Waals surface area contributed by atoms with Crippen LogP contribution in [0.3, 0.4) is 0 Å². The third-order valence-electron chi connectivity index (χ3n) is 7.53. The number of halogens is 1. The number of guanidine groups is 1. The Kier molecular flexibility index (Phi) is 23.7. The van der Waals surface area contributed by atoms with Crippen LogP contribution in [0.25, 0.3) is 10.8 Å². The molecule has 0 radical (unpaired) electrons. The number of carbonyl (C=O) groups excluding carboxylic acids is 5. The zero-order valence-electron chi connectivity index (χ0n) is 35.6. The number of ether oxygens (including phenoxy) is 7. The molecule has 0 amide bonds. The first-order chi connectivity index (χ1) is 27.7. The number of benzene rings is 2. The van der Waals surface area contributed by atoms with Crippen LogP contribution >= 0.6 is 11.6 Å². The Labute approximate surface area is 348 Å². The third kappa shape index (κ3) is 16.6. The van der Waals surface area contributed by atoms with Gasteiger partial charge in [-0.05, 0) is 68.4 Å². The Morgan fingerprint density at radius 2 is 1.32 bits per heavy atom. The molecule has 2 unspecified atom stereocenters. The molecule has 0 bridgehead atoms.